The Bertz CT molecular complexity index is 410. The molecule has 2 aliphatic rings. The molecule has 1 atom stereocenters. The molecule has 1 unspecified atom stereocenters. The third-order valence-corrected chi connectivity index (χ3v) is 3.79. The number of benzene rings is 1. The Morgan fingerprint density at radius 3 is 2.78 bits per heavy atom. The molecule has 3 rings (SSSR count). The average Bonchev–Trinajstić information content (AvgIpc) is 2.98. The van der Waals surface area contributed by atoms with Crippen LogP contribution >= 0.6 is 0 Å². The summed E-state index contributed by atoms with van der Waals surface area (Å²) in [5, 5.41) is 10.1. The number of rotatable bonds is 4. The Labute approximate surface area is 108 Å². The quantitative estimate of drug-likeness (QED) is 0.883. The van der Waals surface area contributed by atoms with Gasteiger partial charge in [-0.05, 0) is 42.4 Å². The van der Waals surface area contributed by atoms with E-state index in [0.717, 1.165) is 0 Å². The van der Waals surface area contributed by atoms with E-state index in [-0.39, 0.29) is 12.4 Å². The van der Waals surface area contributed by atoms with E-state index in [1.54, 1.807) is 0 Å². The van der Waals surface area contributed by atoms with Crippen LogP contribution in [0.1, 0.15) is 29.5 Å². The molecule has 0 bridgehead atoms. The maximum absolute atomic E-state index is 10.1. The SMILES string of the molecule is OC(Cc1ccc2c(c1)CCC2)CC1OCCO1. The van der Waals surface area contributed by atoms with Gasteiger partial charge in [-0.15, -0.1) is 0 Å². The van der Waals surface area contributed by atoms with E-state index in [9.17, 15) is 5.11 Å². The van der Waals surface area contributed by atoms with Crippen LogP contribution in [0.4, 0.5) is 0 Å². The van der Waals surface area contributed by atoms with Crippen molar-refractivity contribution in [3.05, 3.63) is 34.9 Å². The smallest absolute Gasteiger partial charge is 0.160 e. The molecule has 1 aromatic carbocycles. The second-order valence-corrected chi connectivity index (χ2v) is 5.22. The molecular weight excluding hydrogens is 228 g/mol. The Morgan fingerprint density at radius 2 is 1.94 bits per heavy atom. The molecule has 0 radical (unpaired) electrons. The molecule has 0 saturated carbocycles. The minimum absolute atomic E-state index is 0.213. The van der Waals surface area contributed by atoms with Gasteiger partial charge in [-0.1, -0.05) is 18.2 Å². The zero-order chi connectivity index (χ0) is 12.4. The van der Waals surface area contributed by atoms with Gasteiger partial charge in [0.2, 0.25) is 0 Å². The van der Waals surface area contributed by atoms with Crippen molar-refractivity contribution in [2.24, 2.45) is 0 Å². The zero-order valence-corrected chi connectivity index (χ0v) is 10.6. The van der Waals surface area contributed by atoms with Gasteiger partial charge in [0.05, 0.1) is 19.3 Å². The molecule has 0 amide bonds. The lowest BCUT2D eigenvalue weighted by molar-refractivity contribution is -0.0698. The van der Waals surface area contributed by atoms with Crippen molar-refractivity contribution < 1.29 is 14.6 Å². The lowest BCUT2D eigenvalue weighted by Gasteiger charge is -2.15. The van der Waals surface area contributed by atoms with Gasteiger partial charge in [-0.2, -0.15) is 0 Å². The first-order chi connectivity index (χ1) is 8.81. The first-order valence-electron chi connectivity index (χ1n) is 6.83. The lowest BCUT2D eigenvalue weighted by Crippen LogP contribution is -2.20. The van der Waals surface area contributed by atoms with Gasteiger partial charge >= 0.3 is 0 Å². The maximum Gasteiger partial charge on any atom is 0.160 e. The highest BCUT2D eigenvalue weighted by atomic mass is 16.7. The van der Waals surface area contributed by atoms with E-state index in [4.69, 9.17) is 9.47 Å². The van der Waals surface area contributed by atoms with Crippen LogP contribution in [-0.4, -0.2) is 30.7 Å². The minimum Gasteiger partial charge on any atom is -0.393 e. The first-order valence-corrected chi connectivity index (χ1v) is 6.83. The Morgan fingerprint density at radius 1 is 1.17 bits per heavy atom. The van der Waals surface area contributed by atoms with Crippen molar-refractivity contribution >= 4 is 0 Å². The molecule has 0 aromatic heterocycles. The summed E-state index contributed by atoms with van der Waals surface area (Å²) in [6.45, 7) is 1.30. The summed E-state index contributed by atoms with van der Waals surface area (Å²) in [4.78, 5) is 0. The van der Waals surface area contributed by atoms with Crippen molar-refractivity contribution in [1.82, 2.24) is 0 Å². The standard InChI is InChI=1S/C15H20O3/c16-14(10-15-17-6-7-18-15)9-11-4-5-12-2-1-3-13(12)8-11/h4-5,8,14-16H,1-3,6-7,9-10H2. The van der Waals surface area contributed by atoms with Gasteiger partial charge in [0, 0.05) is 6.42 Å². The van der Waals surface area contributed by atoms with Crippen molar-refractivity contribution in [3.8, 4) is 0 Å². The first kappa shape index (κ1) is 12.2. The van der Waals surface area contributed by atoms with E-state index in [1.165, 1.54) is 36.0 Å². The van der Waals surface area contributed by atoms with Crippen LogP contribution in [-0.2, 0) is 28.7 Å². The average molecular weight is 248 g/mol. The van der Waals surface area contributed by atoms with E-state index < -0.39 is 0 Å². The lowest BCUT2D eigenvalue weighted by atomic mass is 10.0. The molecule has 1 aliphatic carbocycles. The summed E-state index contributed by atoms with van der Waals surface area (Å²) in [6, 6.07) is 6.61. The number of aliphatic hydroxyl groups excluding tert-OH is 1. The maximum atomic E-state index is 10.1. The number of aliphatic hydroxyl groups is 1. The fraction of sp³-hybridized carbons (Fsp3) is 0.600. The third kappa shape index (κ3) is 2.74. The molecule has 18 heavy (non-hydrogen) atoms. The monoisotopic (exact) mass is 248 g/mol. The van der Waals surface area contributed by atoms with E-state index in [1.807, 2.05) is 0 Å². The molecule has 1 fully saturated rings. The Balaban J connectivity index is 1.58. The zero-order valence-electron chi connectivity index (χ0n) is 10.6. The third-order valence-electron chi connectivity index (χ3n) is 3.79. The fourth-order valence-electron chi connectivity index (χ4n) is 2.87. The molecule has 0 spiro atoms. The number of hydrogen-bond donors (Lipinski definition) is 1. The van der Waals surface area contributed by atoms with Gasteiger partial charge in [-0.25, -0.2) is 0 Å². The highest BCUT2D eigenvalue weighted by Gasteiger charge is 2.20. The van der Waals surface area contributed by atoms with Crippen LogP contribution in [0.25, 0.3) is 0 Å². The van der Waals surface area contributed by atoms with Crippen LogP contribution in [0.3, 0.4) is 0 Å². The van der Waals surface area contributed by atoms with Crippen molar-refractivity contribution in [3.63, 3.8) is 0 Å². The summed E-state index contributed by atoms with van der Waals surface area (Å²) < 4.78 is 10.7. The molecule has 3 heteroatoms. The second kappa shape index (κ2) is 5.39. The molecule has 98 valence electrons. The molecule has 3 nitrogen and oxygen atoms in total. The topological polar surface area (TPSA) is 38.7 Å². The highest BCUT2D eigenvalue weighted by molar-refractivity contribution is 5.35. The largest absolute Gasteiger partial charge is 0.393 e. The molecule has 1 aromatic rings. The van der Waals surface area contributed by atoms with Crippen molar-refractivity contribution in [2.75, 3.05) is 13.2 Å². The van der Waals surface area contributed by atoms with Gasteiger partial charge < -0.3 is 14.6 Å². The summed E-state index contributed by atoms with van der Waals surface area (Å²) >= 11 is 0. The van der Waals surface area contributed by atoms with Crippen LogP contribution in [0.15, 0.2) is 18.2 Å². The van der Waals surface area contributed by atoms with Gasteiger partial charge in [-0.3, -0.25) is 0 Å². The van der Waals surface area contributed by atoms with Crippen LogP contribution < -0.4 is 0 Å². The minimum atomic E-state index is -0.382. The predicted octanol–water partition coefficient (Wildman–Crippen LogP) is 1.84. The summed E-state index contributed by atoms with van der Waals surface area (Å²) in [7, 11) is 0. The van der Waals surface area contributed by atoms with Crippen LogP contribution in [0.2, 0.25) is 0 Å². The predicted molar refractivity (Wildman–Crippen MR) is 68.5 cm³/mol. The number of ether oxygens (including phenoxy) is 2. The molecule has 1 saturated heterocycles. The van der Waals surface area contributed by atoms with Gasteiger partial charge in [0.1, 0.15) is 0 Å². The van der Waals surface area contributed by atoms with Crippen molar-refractivity contribution in [1.29, 1.82) is 0 Å². The molecule has 1 N–H and O–H groups in total. The number of fused-ring (bicyclic) bond motifs is 1. The Kier molecular flexibility index (Phi) is 3.64. The number of aryl methyl sites for hydroxylation is 2. The van der Waals surface area contributed by atoms with Gasteiger partial charge in [0.15, 0.2) is 6.29 Å². The fourth-order valence-corrected chi connectivity index (χ4v) is 2.87. The summed E-state index contributed by atoms with van der Waals surface area (Å²) in [5.41, 5.74) is 4.17. The molecular formula is C15H20O3. The van der Waals surface area contributed by atoms with E-state index >= 15 is 0 Å². The molecule has 1 heterocycles. The normalized spacial score (nSPS) is 21.2. The van der Waals surface area contributed by atoms with Crippen LogP contribution in [0, 0.1) is 0 Å². The van der Waals surface area contributed by atoms with Gasteiger partial charge in [0.25, 0.3) is 0 Å². The van der Waals surface area contributed by atoms with Crippen LogP contribution in [0.5, 0.6) is 0 Å². The second-order valence-electron chi connectivity index (χ2n) is 5.22. The van der Waals surface area contributed by atoms with E-state index in [2.05, 4.69) is 18.2 Å². The Hall–Kier alpha value is -0.900. The number of hydrogen-bond acceptors (Lipinski definition) is 3. The van der Waals surface area contributed by atoms with Crippen molar-refractivity contribution in [2.45, 2.75) is 44.5 Å². The highest BCUT2D eigenvalue weighted by Crippen LogP contribution is 2.24. The van der Waals surface area contributed by atoms with E-state index in [0.29, 0.717) is 26.1 Å². The summed E-state index contributed by atoms with van der Waals surface area (Å²) in [6.07, 6.45) is 4.33. The summed E-state index contributed by atoms with van der Waals surface area (Å²) in [5.74, 6) is 0. The molecule has 1 aliphatic heterocycles.